The molecule has 3 heterocycles. The second-order valence-corrected chi connectivity index (χ2v) is 6.48. The fourth-order valence-electron chi connectivity index (χ4n) is 2.61. The molecule has 5 nitrogen and oxygen atoms in total. The molecule has 1 aliphatic rings. The molecule has 0 aliphatic carbocycles. The first-order chi connectivity index (χ1) is 12.2. The summed E-state index contributed by atoms with van der Waals surface area (Å²) >= 11 is 1.75. The van der Waals surface area contributed by atoms with Crippen LogP contribution in [0.25, 0.3) is 11.8 Å². The topological polar surface area (TPSA) is 60.1 Å². The number of rotatable bonds is 4. The lowest BCUT2D eigenvalue weighted by atomic mass is 10.2. The van der Waals surface area contributed by atoms with Gasteiger partial charge in [0.1, 0.15) is 17.4 Å². The Kier molecular flexibility index (Phi) is 4.15. The van der Waals surface area contributed by atoms with Crippen molar-refractivity contribution in [2.45, 2.75) is 11.5 Å². The average Bonchev–Trinajstić information content (AvgIpc) is 3.32. The third kappa shape index (κ3) is 3.23. The van der Waals surface area contributed by atoms with Crippen molar-refractivity contribution in [3.8, 4) is 5.69 Å². The number of amides is 1. The molecular weight excluding hydrogens is 341 g/mol. The molecule has 25 heavy (non-hydrogen) atoms. The number of benzene rings is 1. The maximum atomic E-state index is 13.2. The number of thioether (sulfide) groups is 1. The first-order valence-corrected chi connectivity index (χ1v) is 8.83. The molecule has 0 unspecified atom stereocenters. The Bertz CT molecular complexity index is 930. The maximum Gasteiger partial charge on any atom is 0.249 e. The highest BCUT2D eigenvalue weighted by atomic mass is 32.2. The Morgan fingerprint density at radius 2 is 2.12 bits per heavy atom. The lowest BCUT2D eigenvalue weighted by molar-refractivity contribution is -0.111. The van der Waals surface area contributed by atoms with Crippen molar-refractivity contribution in [3.63, 3.8) is 0 Å². The van der Waals surface area contributed by atoms with Crippen molar-refractivity contribution in [1.82, 2.24) is 9.78 Å². The molecule has 0 fully saturated rings. The van der Waals surface area contributed by atoms with Crippen LogP contribution in [0.3, 0.4) is 0 Å². The van der Waals surface area contributed by atoms with Crippen molar-refractivity contribution in [2.24, 2.45) is 0 Å². The van der Waals surface area contributed by atoms with Crippen LogP contribution in [0, 0.1) is 5.82 Å². The number of furan rings is 1. The van der Waals surface area contributed by atoms with Gasteiger partial charge in [0.05, 0.1) is 17.6 Å². The molecule has 3 aromatic rings. The van der Waals surface area contributed by atoms with E-state index in [-0.39, 0.29) is 11.7 Å². The fraction of sp³-hybridized carbons (Fsp3) is 0.111. The van der Waals surface area contributed by atoms with E-state index in [1.807, 2.05) is 0 Å². The number of hydrogen-bond acceptors (Lipinski definition) is 4. The number of aromatic nitrogens is 2. The summed E-state index contributed by atoms with van der Waals surface area (Å²) in [6.45, 7) is 0. The first kappa shape index (κ1) is 15.7. The molecule has 7 heteroatoms. The number of carbonyl (C=O) groups is 1. The largest absolute Gasteiger partial charge is 0.465 e. The van der Waals surface area contributed by atoms with Crippen molar-refractivity contribution >= 4 is 29.6 Å². The van der Waals surface area contributed by atoms with Gasteiger partial charge < -0.3 is 9.73 Å². The SMILES string of the molecule is O=C(/C=C/c1ccco1)Nc1c2c(nn1-c1ccc(F)cc1)CSC2. The molecule has 2 aromatic heterocycles. The minimum absolute atomic E-state index is 0.278. The smallest absolute Gasteiger partial charge is 0.249 e. The maximum absolute atomic E-state index is 13.2. The minimum atomic E-state index is -0.314. The molecule has 1 amide bonds. The van der Waals surface area contributed by atoms with Crippen LogP contribution in [-0.4, -0.2) is 15.7 Å². The third-order valence-corrected chi connectivity index (χ3v) is 4.78. The predicted molar refractivity (Wildman–Crippen MR) is 94.9 cm³/mol. The zero-order valence-electron chi connectivity index (χ0n) is 13.1. The summed E-state index contributed by atoms with van der Waals surface area (Å²) in [4.78, 5) is 12.3. The Hall–Kier alpha value is -2.80. The molecule has 4 rings (SSSR count). The molecule has 0 spiro atoms. The van der Waals surface area contributed by atoms with Gasteiger partial charge in [0.15, 0.2) is 0 Å². The van der Waals surface area contributed by atoms with E-state index >= 15 is 0 Å². The Morgan fingerprint density at radius 3 is 2.88 bits per heavy atom. The average molecular weight is 355 g/mol. The Balaban J connectivity index is 1.64. The fourth-order valence-corrected chi connectivity index (χ4v) is 3.65. The van der Waals surface area contributed by atoms with E-state index in [9.17, 15) is 9.18 Å². The van der Waals surface area contributed by atoms with Crippen LogP contribution < -0.4 is 5.32 Å². The summed E-state index contributed by atoms with van der Waals surface area (Å²) < 4.78 is 20.0. The summed E-state index contributed by atoms with van der Waals surface area (Å²) in [6, 6.07) is 9.54. The second kappa shape index (κ2) is 6.60. The standard InChI is InChI=1S/C18H14FN3O2S/c19-12-3-5-13(6-4-12)22-18(15-10-25-11-16(15)21-22)20-17(23)8-7-14-2-1-9-24-14/h1-9H,10-11H2,(H,20,23)/b8-7+. The molecule has 1 aromatic carbocycles. The van der Waals surface area contributed by atoms with E-state index in [4.69, 9.17) is 4.42 Å². The molecule has 0 saturated heterocycles. The molecular formula is C18H14FN3O2S. The van der Waals surface area contributed by atoms with Gasteiger partial charge in [-0.25, -0.2) is 9.07 Å². The molecule has 0 radical (unpaired) electrons. The lowest BCUT2D eigenvalue weighted by Crippen LogP contribution is -2.13. The van der Waals surface area contributed by atoms with Crippen LogP contribution in [0.4, 0.5) is 10.2 Å². The van der Waals surface area contributed by atoms with Crippen LogP contribution >= 0.6 is 11.8 Å². The van der Waals surface area contributed by atoms with E-state index in [0.717, 1.165) is 22.8 Å². The monoisotopic (exact) mass is 355 g/mol. The van der Waals surface area contributed by atoms with Gasteiger partial charge in [-0.15, -0.1) is 0 Å². The number of anilines is 1. The second-order valence-electron chi connectivity index (χ2n) is 5.49. The highest BCUT2D eigenvalue weighted by Gasteiger charge is 2.24. The minimum Gasteiger partial charge on any atom is -0.465 e. The highest BCUT2D eigenvalue weighted by molar-refractivity contribution is 7.98. The van der Waals surface area contributed by atoms with Crippen molar-refractivity contribution in [3.05, 3.63) is 71.6 Å². The normalized spacial score (nSPS) is 13.3. The van der Waals surface area contributed by atoms with Gasteiger partial charge in [-0.1, -0.05) is 0 Å². The summed E-state index contributed by atoms with van der Waals surface area (Å²) in [5.41, 5.74) is 2.65. The molecule has 0 atom stereocenters. The predicted octanol–water partition coefficient (Wildman–Crippen LogP) is 4.00. The lowest BCUT2D eigenvalue weighted by Gasteiger charge is -2.09. The van der Waals surface area contributed by atoms with Gasteiger partial charge in [-0.2, -0.15) is 16.9 Å². The van der Waals surface area contributed by atoms with E-state index in [0.29, 0.717) is 17.3 Å². The molecule has 0 bridgehead atoms. The zero-order valence-corrected chi connectivity index (χ0v) is 13.9. The number of carbonyl (C=O) groups excluding carboxylic acids is 1. The summed E-state index contributed by atoms with van der Waals surface area (Å²) in [6.07, 6.45) is 4.56. The molecule has 0 saturated carbocycles. The van der Waals surface area contributed by atoms with E-state index in [1.165, 1.54) is 18.2 Å². The molecule has 1 aliphatic heterocycles. The van der Waals surface area contributed by atoms with Crippen LogP contribution in [0.15, 0.2) is 53.2 Å². The number of halogens is 1. The molecule has 126 valence electrons. The summed E-state index contributed by atoms with van der Waals surface area (Å²) in [7, 11) is 0. The number of nitrogens with one attached hydrogen (secondary N) is 1. The van der Waals surface area contributed by atoms with Gasteiger partial charge in [-0.05, 0) is 42.5 Å². The van der Waals surface area contributed by atoms with Gasteiger partial charge >= 0.3 is 0 Å². The summed E-state index contributed by atoms with van der Waals surface area (Å²) in [5, 5.41) is 7.46. The van der Waals surface area contributed by atoms with Crippen molar-refractivity contribution < 1.29 is 13.6 Å². The van der Waals surface area contributed by atoms with Crippen molar-refractivity contribution in [1.29, 1.82) is 0 Å². The van der Waals surface area contributed by atoms with Gasteiger partial charge in [0.25, 0.3) is 0 Å². The van der Waals surface area contributed by atoms with Crippen LogP contribution in [0.1, 0.15) is 17.0 Å². The number of nitrogens with zero attached hydrogens (tertiary/aromatic N) is 2. The van der Waals surface area contributed by atoms with Crippen LogP contribution in [-0.2, 0) is 16.3 Å². The quantitative estimate of drug-likeness (QED) is 0.719. The van der Waals surface area contributed by atoms with E-state index < -0.39 is 0 Å². The highest BCUT2D eigenvalue weighted by Crippen LogP contribution is 2.36. The third-order valence-electron chi connectivity index (χ3n) is 3.81. The Labute approximate surface area is 147 Å². The molecule has 1 N–H and O–H groups in total. The van der Waals surface area contributed by atoms with Gasteiger partial charge in [0, 0.05) is 23.1 Å². The van der Waals surface area contributed by atoms with Gasteiger partial charge in [0.2, 0.25) is 5.91 Å². The summed E-state index contributed by atoms with van der Waals surface area (Å²) in [5.74, 6) is 2.22. The first-order valence-electron chi connectivity index (χ1n) is 7.68. The van der Waals surface area contributed by atoms with E-state index in [1.54, 1.807) is 53.0 Å². The van der Waals surface area contributed by atoms with Gasteiger partial charge in [-0.3, -0.25) is 4.79 Å². The van der Waals surface area contributed by atoms with Crippen LogP contribution in [0.2, 0.25) is 0 Å². The van der Waals surface area contributed by atoms with E-state index in [2.05, 4.69) is 10.4 Å². The number of hydrogen-bond donors (Lipinski definition) is 1. The number of fused-ring (bicyclic) bond motifs is 1. The van der Waals surface area contributed by atoms with Crippen molar-refractivity contribution in [2.75, 3.05) is 5.32 Å². The zero-order chi connectivity index (χ0) is 17.2. The Morgan fingerprint density at radius 1 is 1.28 bits per heavy atom. The van der Waals surface area contributed by atoms with Crippen LogP contribution in [0.5, 0.6) is 0 Å².